The van der Waals surface area contributed by atoms with E-state index in [9.17, 15) is 13.6 Å². The number of hydrogen-bond acceptors (Lipinski definition) is 5. The molecular formula is C20H23F2N3O2S. The third-order valence-corrected chi connectivity index (χ3v) is 5.54. The van der Waals surface area contributed by atoms with Crippen molar-refractivity contribution in [3.8, 4) is 5.75 Å². The molecule has 28 heavy (non-hydrogen) atoms. The fraction of sp³-hybridized carbons (Fsp3) is 0.400. The first-order valence-corrected chi connectivity index (χ1v) is 9.89. The van der Waals surface area contributed by atoms with Crippen molar-refractivity contribution in [1.82, 2.24) is 14.6 Å². The molecule has 0 spiro atoms. The molecule has 5 nitrogen and oxygen atoms in total. The lowest BCUT2D eigenvalue weighted by atomic mass is 10.0. The van der Waals surface area contributed by atoms with Crippen LogP contribution in [0.3, 0.4) is 0 Å². The van der Waals surface area contributed by atoms with Crippen LogP contribution in [0.25, 0.3) is 0 Å². The highest BCUT2D eigenvalue weighted by Crippen LogP contribution is 2.26. The van der Waals surface area contributed by atoms with E-state index in [2.05, 4.69) is 14.6 Å². The van der Waals surface area contributed by atoms with Crippen LogP contribution in [-0.4, -0.2) is 39.9 Å². The molecule has 150 valence electrons. The molecular weight excluding hydrogens is 384 g/mol. The van der Waals surface area contributed by atoms with Crippen molar-refractivity contribution in [3.05, 3.63) is 54.4 Å². The number of halogens is 2. The van der Waals surface area contributed by atoms with E-state index < -0.39 is 17.2 Å². The molecule has 0 radical (unpaired) electrons. The lowest BCUT2D eigenvalue weighted by Crippen LogP contribution is -2.52. The summed E-state index contributed by atoms with van der Waals surface area (Å²) < 4.78 is 34.6. The first-order valence-electron chi connectivity index (χ1n) is 9.11. The van der Waals surface area contributed by atoms with E-state index in [1.807, 2.05) is 18.3 Å². The molecule has 2 aromatic rings. The fourth-order valence-corrected chi connectivity index (χ4v) is 3.82. The Morgan fingerprint density at radius 1 is 1.29 bits per heavy atom. The zero-order chi connectivity index (χ0) is 20.1. The van der Waals surface area contributed by atoms with Crippen LogP contribution in [0, 0.1) is 11.6 Å². The van der Waals surface area contributed by atoms with Gasteiger partial charge in [-0.15, -0.1) is 0 Å². The minimum absolute atomic E-state index is 0.0270. The van der Waals surface area contributed by atoms with E-state index in [4.69, 9.17) is 4.74 Å². The summed E-state index contributed by atoms with van der Waals surface area (Å²) in [6, 6.07) is 6.97. The van der Waals surface area contributed by atoms with Gasteiger partial charge in [-0.1, -0.05) is 0 Å². The number of carbonyl (C=O) groups excluding carboxylic acids is 1. The first-order chi connectivity index (χ1) is 13.3. The molecule has 3 rings (SSSR count). The molecule has 1 saturated heterocycles. The number of benzene rings is 1. The average Bonchev–Trinajstić information content (AvgIpc) is 2.66. The van der Waals surface area contributed by atoms with Gasteiger partial charge in [-0.2, -0.15) is 0 Å². The predicted octanol–water partition coefficient (Wildman–Crippen LogP) is 3.81. The molecule has 0 unspecified atom stereocenters. The Kier molecular flexibility index (Phi) is 6.51. The molecule has 0 atom stereocenters. The van der Waals surface area contributed by atoms with Crippen molar-refractivity contribution in [2.45, 2.75) is 43.2 Å². The minimum atomic E-state index is -1.28. The van der Waals surface area contributed by atoms with Gasteiger partial charge in [0.25, 0.3) is 5.91 Å². The number of aromatic nitrogens is 1. The van der Waals surface area contributed by atoms with Gasteiger partial charge in [0.1, 0.15) is 5.82 Å². The molecule has 0 saturated carbocycles. The molecule has 2 heterocycles. The minimum Gasteiger partial charge on any atom is -0.475 e. The van der Waals surface area contributed by atoms with Crippen LogP contribution in [0.2, 0.25) is 0 Å². The zero-order valence-corrected chi connectivity index (χ0v) is 16.6. The van der Waals surface area contributed by atoms with Gasteiger partial charge in [-0.3, -0.25) is 9.78 Å². The second kappa shape index (κ2) is 8.87. The number of carbonyl (C=O) groups is 1. The molecule has 1 fully saturated rings. The largest absolute Gasteiger partial charge is 0.475 e. The van der Waals surface area contributed by atoms with Crippen molar-refractivity contribution in [3.63, 3.8) is 0 Å². The Bertz CT molecular complexity index is 812. The normalized spacial score (nSPS) is 16.0. The molecule has 1 aliphatic rings. The molecule has 0 bridgehead atoms. The molecule has 0 aliphatic carbocycles. The molecule has 1 amide bonds. The van der Waals surface area contributed by atoms with Crippen LogP contribution in [0.15, 0.2) is 47.6 Å². The molecule has 1 aromatic carbocycles. The Morgan fingerprint density at radius 2 is 2.04 bits per heavy atom. The van der Waals surface area contributed by atoms with E-state index in [0.29, 0.717) is 0 Å². The van der Waals surface area contributed by atoms with Crippen molar-refractivity contribution in [2.24, 2.45) is 0 Å². The van der Waals surface area contributed by atoms with Crippen LogP contribution < -0.4 is 10.1 Å². The second-order valence-corrected chi connectivity index (χ2v) is 8.31. The van der Waals surface area contributed by atoms with Gasteiger partial charge in [0.05, 0.1) is 0 Å². The molecule has 8 heteroatoms. The molecule has 1 aliphatic heterocycles. The van der Waals surface area contributed by atoms with Crippen molar-refractivity contribution < 1.29 is 18.3 Å². The second-order valence-electron chi connectivity index (χ2n) is 7.14. The van der Waals surface area contributed by atoms with Gasteiger partial charge in [-0.25, -0.2) is 13.1 Å². The highest BCUT2D eigenvalue weighted by Gasteiger charge is 2.33. The number of piperidine rings is 1. The van der Waals surface area contributed by atoms with E-state index in [-0.39, 0.29) is 17.7 Å². The van der Waals surface area contributed by atoms with E-state index >= 15 is 0 Å². The summed E-state index contributed by atoms with van der Waals surface area (Å²) >= 11 is 1.66. The number of hydrogen-bond donors (Lipinski definition) is 1. The fourth-order valence-electron chi connectivity index (χ4n) is 2.88. The van der Waals surface area contributed by atoms with Gasteiger partial charge in [0.2, 0.25) is 0 Å². The number of nitrogens with zero attached hydrogens (tertiary/aromatic N) is 2. The maximum Gasteiger partial charge on any atom is 0.263 e. The lowest BCUT2D eigenvalue weighted by molar-refractivity contribution is -0.135. The van der Waals surface area contributed by atoms with Gasteiger partial charge >= 0.3 is 0 Å². The van der Waals surface area contributed by atoms with Crippen LogP contribution in [-0.2, 0) is 4.79 Å². The topological polar surface area (TPSA) is 54.5 Å². The maximum atomic E-state index is 13.8. The standard InChI is InChI=1S/C20H23F2N3O2S/c1-20(2,27-18-6-5-14(21)12-17(18)22)19(26)24-15-7-10-25(11-8-15)28-16-4-3-9-23-13-16/h3-6,9,12-13,15H,7-8,10-11H2,1-2H3,(H,24,26). The lowest BCUT2D eigenvalue weighted by Gasteiger charge is -2.33. The molecule has 1 N–H and O–H groups in total. The van der Waals surface area contributed by atoms with E-state index in [0.717, 1.165) is 43.0 Å². The van der Waals surface area contributed by atoms with Crippen LogP contribution in [0.1, 0.15) is 26.7 Å². The van der Waals surface area contributed by atoms with Gasteiger partial charge in [-0.05, 0) is 62.9 Å². The Balaban J connectivity index is 1.50. The van der Waals surface area contributed by atoms with Crippen LogP contribution >= 0.6 is 11.9 Å². The summed E-state index contributed by atoms with van der Waals surface area (Å²) in [5, 5.41) is 2.99. The zero-order valence-electron chi connectivity index (χ0n) is 15.8. The van der Waals surface area contributed by atoms with Crippen LogP contribution in [0.4, 0.5) is 8.78 Å². The summed E-state index contributed by atoms with van der Waals surface area (Å²) in [5.74, 6) is -2.00. The summed E-state index contributed by atoms with van der Waals surface area (Å²) in [6.07, 6.45) is 5.18. The third kappa shape index (κ3) is 5.42. The van der Waals surface area contributed by atoms with Crippen molar-refractivity contribution in [1.29, 1.82) is 0 Å². The summed E-state index contributed by atoms with van der Waals surface area (Å²) in [7, 11) is 0. The van der Waals surface area contributed by atoms with Crippen molar-refractivity contribution >= 4 is 17.9 Å². The summed E-state index contributed by atoms with van der Waals surface area (Å²) in [5.41, 5.74) is -1.28. The maximum absolute atomic E-state index is 13.8. The highest BCUT2D eigenvalue weighted by atomic mass is 32.2. The number of ether oxygens (including phenoxy) is 1. The number of amides is 1. The highest BCUT2D eigenvalue weighted by molar-refractivity contribution is 7.97. The summed E-state index contributed by atoms with van der Waals surface area (Å²) in [4.78, 5) is 17.8. The Hall–Kier alpha value is -2.19. The quantitative estimate of drug-likeness (QED) is 0.738. The van der Waals surface area contributed by atoms with Crippen LogP contribution in [0.5, 0.6) is 5.75 Å². The van der Waals surface area contributed by atoms with E-state index in [1.165, 1.54) is 6.07 Å². The number of rotatable bonds is 6. The van der Waals surface area contributed by atoms with Gasteiger partial charge < -0.3 is 10.1 Å². The van der Waals surface area contributed by atoms with Crippen molar-refractivity contribution in [2.75, 3.05) is 13.1 Å². The SMILES string of the molecule is CC(C)(Oc1ccc(F)cc1F)C(=O)NC1CCN(Sc2cccnc2)CC1. The third-order valence-electron chi connectivity index (χ3n) is 4.46. The van der Waals surface area contributed by atoms with Gasteiger partial charge in [0.15, 0.2) is 17.2 Å². The monoisotopic (exact) mass is 407 g/mol. The smallest absolute Gasteiger partial charge is 0.263 e. The molecule has 1 aromatic heterocycles. The predicted molar refractivity (Wildman–Crippen MR) is 104 cm³/mol. The average molecular weight is 407 g/mol. The number of pyridine rings is 1. The Labute approximate surface area is 167 Å². The Morgan fingerprint density at radius 3 is 2.68 bits per heavy atom. The van der Waals surface area contributed by atoms with E-state index in [1.54, 1.807) is 32.0 Å². The first kappa shape index (κ1) is 20.5. The van der Waals surface area contributed by atoms with Gasteiger partial charge in [0, 0.05) is 42.5 Å². The summed E-state index contributed by atoms with van der Waals surface area (Å²) in [6.45, 7) is 4.80. The number of nitrogens with one attached hydrogen (secondary N) is 1.